The molecule has 0 aliphatic heterocycles. The summed E-state index contributed by atoms with van der Waals surface area (Å²) in [6.45, 7) is 0.279. The Hall–Kier alpha value is -3.48. The van der Waals surface area contributed by atoms with Crippen LogP contribution < -0.4 is 16.2 Å². The van der Waals surface area contributed by atoms with Crippen LogP contribution >= 0.6 is 0 Å². The van der Waals surface area contributed by atoms with Crippen molar-refractivity contribution in [3.8, 4) is 0 Å². The molecular weight excluding hydrogens is 344 g/mol. The van der Waals surface area contributed by atoms with Crippen LogP contribution in [0.1, 0.15) is 28.9 Å². The topological polar surface area (TPSA) is 104 Å². The van der Waals surface area contributed by atoms with E-state index in [0.717, 1.165) is 18.4 Å². The molecule has 2 amide bonds. The van der Waals surface area contributed by atoms with E-state index in [4.69, 9.17) is 0 Å². The normalized spacial score (nSPS) is 13.3. The average molecular weight is 362 g/mol. The van der Waals surface area contributed by atoms with E-state index in [0.29, 0.717) is 16.5 Å². The number of fused-ring (bicyclic) bond motifs is 1. The molecular formula is C20H18N4O3. The van der Waals surface area contributed by atoms with E-state index in [2.05, 4.69) is 20.8 Å². The first-order valence-electron chi connectivity index (χ1n) is 8.77. The number of amides is 2. The number of H-pyrrole nitrogens is 1. The van der Waals surface area contributed by atoms with E-state index >= 15 is 0 Å². The number of hydrogen-bond acceptors (Lipinski definition) is 4. The van der Waals surface area contributed by atoms with E-state index < -0.39 is 0 Å². The largest absolute Gasteiger partial charge is 0.347 e. The number of benzene rings is 2. The molecule has 1 saturated carbocycles. The van der Waals surface area contributed by atoms with Gasteiger partial charge < -0.3 is 10.6 Å². The highest BCUT2D eigenvalue weighted by molar-refractivity contribution is 6.04. The van der Waals surface area contributed by atoms with Crippen molar-refractivity contribution in [2.24, 2.45) is 5.92 Å². The molecule has 27 heavy (non-hydrogen) atoms. The van der Waals surface area contributed by atoms with Gasteiger partial charge in [-0.05, 0) is 36.6 Å². The molecule has 0 radical (unpaired) electrons. The Bertz CT molecular complexity index is 1090. The molecule has 3 N–H and O–H groups in total. The van der Waals surface area contributed by atoms with Crippen molar-refractivity contribution in [3.05, 3.63) is 70.1 Å². The maximum Gasteiger partial charge on any atom is 0.272 e. The zero-order valence-corrected chi connectivity index (χ0v) is 14.5. The lowest BCUT2D eigenvalue weighted by atomic mass is 10.1. The minimum Gasteiger partial charge on any atom is -0.347 e. The third-order valence-electron chi connectivity index (χ3n) is 4.51. The average Bonchev–Trinajstić information content (AvgIpc) is 3.52. The standard InChI is InChI=1S/C20H18N4O3/c25-18(13-8-9-13)22-14-5-3-4-12(10-14)11-21-20(27)17-15-6-1-2-7-16(15)19(26)24-23-17/h1-7,10,13H,8-9,11H2,(H,21,27)(H,22,25)(H,24,26). The number of anilines is 1. The predicted octanol–water partition coefficient (Wildman–Crippen LogP) is 2.20. The monoisotopic (exact) mass is 362 g/mol. The maximum absolute atomic E-state index is 12.5. The number of hydrogen-bond donors (Lipinski definition) is 3. The van der Waals surface area contributed by atoms with Gasteiger partial charge in [-0.15, -0.1) is 0 Å². The van der Waals surface area contributed by atoms with Crippen LogP contribution in [-0.2, 0) is 11.3 Å². The number of aromatic nitrogens is 2. The second kappa shape index (κ2) is 7.03. The number of nitrogens with zero attached hydrogens (tertiary/aromatic N) is 1. The summed E-state index contributed by atoms with van der Waals surface area (Å²) in [4.78, 5) is 36.2. The number of rotatable bonds is 5. The van der Waals surface area contributed by atoms with Crippen molar-refractivity contribution in [3.63, 3.8) is 0 Å². The van der Waals surface area contributed by atoms with E-state index in [9.17, 15) is 14.4 Å². The summed E-state index contributed by atoms with van der Waals surface area (Å²) < 4.78 is 0. The van der Waals surface area contributed by atoms with Crippen LogP contribution in [0.2, 0.25) is 0 Å². The van der Waals surface area contributed by atoms with Gasteiger partial charge in [0.15, 0.2) is 5.69 Å². The molecule has 1 aliphatic carbocycles. The highest BCUT2D eigenvalue weighted by Crippen LogP contribution is 2.30. The summed E-state index contributed by atoms with van der Waals surface area (Å²) >= 11 is 0. The summed E-state index contributed by atoms with van der Waals surface area (Å²) in [5.74, 6) is -0.206. The number of carbonyl (C=O) groups excluding carboxylic acids is 2. The Kier molecular flexibility index (Phi) is 4.42. The highest BCUT2D eigenvalue weighted by atomic mass is 16.2. The van der Waals surface area contributed by atoms with Crippen molar-refractivity contribution in [2.45, 2.75) is 19.4 Å². The minimum absolute atomic E-state index is 0.0418. The van der Waals surface area contributed by atoms with Crippen molar-refractivity contribution in [1.29, 1.82) is 0 Å². The van der Waals surface area contributed by atoms with Gasteiger partial charge in [-0.25, -0.2) is 5.10 Å². The summed E-state index contributed by atoms with van der Waals surface area (Å²) in [6.07, 6.45) is 1.89. The fourth-order valence-corrected chi connectivity index (χ4v) is 2.90. The Morgan fingerprint density at radius 2 is 1.85 bits per heavy atom. The van der Waals surface area contributed by atoms with Gasteiger partial charge in [-0.3, -0.25) is 14.4 Å². The van der Waals surface area contributed by atoms with Gasteiger partial charge in [0.05, 0.1) is 5.39 Å². The number of aromatic amines is 1. The van der Waals surface area contributed by atoms with Gasteiger partial charge in [0.25, 0.3) is 11.5 Å². The molecule has 7 nitrogen and oxygen atoms in total. The lowest BCUT2D eigenvalue weighted by Crippen LogP contribution is -2.26. The van der Waals surface area contributed by atoms with Gasteiger partial charge in [-0.2, -0.15) is 5.10 Å². The van der Waals surface area contributed by atoms with Crippen LogP contribution in [-0.4, -0.2) is 22.0 Å². The molecule has 0 bridgehead atoms. The van der Waals surface area contributed by atoms with Crippen LogP contribution in [0.15, 0.2) is 53.3 Å². The first-order chi connectivity index (χ1) is 13.1. The molecule has 0 atom stereocenters. The first-order valence-corrected chi connectivity index (χ1v) is 8.77. The molecule has 3 aromatic rings. The molecule has 0 unspecified atom stereocenters. The van der Waals surface area contributed by atoms with Gasteiger partial charge in [-0.1, -0.05) is 30.3 Å². The second-order valence-electron chi connectivity index (χ2n) is 6.59. The molecule has 1 aromatic heterocycles. The maximum atomic E-state index is 12.5. The molecule has 1 aliphatic rings. The molecule has 1 heterocycles. The SMILES string of the molecule is O=C(NCc1cccc(NC(=O)C2CC2)c1)c1n[nH]c(=O)c2ccccc12. The summed E-state index contributed by atoms with van der Waals surface area (Å²) in [5.41, 5.74) is 1.40. The molecule has 1 fully saturated rings. The van der Waals surface area contributed by atoms with E-state index in [1.54, 1.807) is 24.3 Å². The minimum atomic E-state index is -0.380. The predicted molar refractivity (Wildman–Crippen MR) is 101 cm³/mol. The molecule has 4 rings (SSSR count). The smallest absolute Gasteiger partial charge is 0.272 e. The van der Waals surface area contributed by atoms with Crippen molar-refractivity contribution in [2.75, 3.05) is 5.32 Å². The van der Waals surface area contributed by atoms with Crippen LogP contribution in [0.4, 0.5) is 5.69 Å². The molecule has 136 valence electrons. The summed E-state index contributed by atoms with van der Waals surface area (Å²) in [6, 6.07) is 14.2. The fraction of sp³-hybridized carbons (Fsp3) is 0.200. The van der Waals surface area contributed by atoms with Gasteiger partial charge >= 0.3 is 0 Å². The zero-order valence-electron chi connectivity index (χ0n) is 14.5. The summed E-state index contributed by atoms with van der Waals surface area (Å²) in [5, 5.41) is 12.9. The summed E-state index contributed by atoms with van der Waals surface area (Å²) in [7, 11) is 0. The van der Waals surface area contributed by atoms with Crippen molar-refractivity contribution >= 4 is 28.3 Å². The van der Waals surface area contributed by atoms with Crippen LogP contribution in [0.5, 0.6) is 0 Å². The quantitative estimate of drug-likeness (QED) is 0.647. The first kappa shape index (κ1) is 17.0. The van der Waals surface area contributed by atoms with Crippen molar-refractivity contribution < 1.29 is 9.59 Å². The second-order valence-corrected chi connectivity index (χ2v) is 6.59. The zero-order chi connectivity index (χ0) is 18.8. The van der Waals surface area contributed by atoms with E-state index in [-0.39, 0.29) is 35.5 Å². The van der Waals surface area contributed by atoms with Crippen LogP contribution in [0.3, 0.4) is 0 Å². The van der Waals surface area contributed by atoms with E-state index in [1.165, 1.54) is 0 Å². The van der Waals surface area contributed by atoms with Crippen LogP contribution in [0.25, 0.3) is 10.8 Å². The molecule has 0 saturated heterocycles. The Labute approximate surface area is 154 Å². The van der Waals surface area contributed by atoms with Crippen molar-refractivity contribution in [1.82, 2.24) is 15.5 Å². The lowest BCUT2D eigenvalue weighted by Gasteiger charge is -2.09. The van der Waals surface area contributed by atoms with E-state index in [1.807, 2.05) is 24.3 Å². The third-order valence-corrected chi connectivity index (χ3v) is 4.51. The highest BCUT2D eigenvalue weighted by Gasteiger charge is 2.29. The van der Waals surface area contributed by atoms with Gasteiger partial charge in [0.1, 0.15) is 0 Å². The number of nitrogens with one attached hydrogen (secondary N) is 3. The Morgan fingerprint density at radius 1 is 1.07 bits per heavy atom. The van der Waals surface area contributed by atoms with Crippen LogP contribution in [0, 0.1) is 5.92 Å². The molecule has 0 spiro atoms. The molecule has 2 aromatic carbocycles. The Morgan fingerprint density at radius 3 is 2.63 bits per heavy atom. The fourth-order valence-electron chi connectivity index (χ4n) is 2.90. The lowest BCUT2D eigenvalue weighted by molar-refractivity contribution is -0.117. The molecule has 7 heteroatoms. The van der Waals surface area contributed by atoms with Gasteiger partial charge in [0, 0.05) is 23.5 Å². The number of carbonyl (C=O) groups is 2. The third kappa shape index (κ3) is 3.72. The van der Waals surface area contributed by atoms with Gasteiger partial charge in [0.2, 0.25) is 5.91 Å². The Balaban J connectivity index is 1.47.